The predicted molar refractivity (Wildman–Crippen MR) is 120 cm³/mol. The van der Waals surface area contributed by atoms with Gasteiger partial charge in [-0.2, -0.15) is 5.26 Å². The Morgan fingerprint density at radius 1 is 1.22 bits per heavy atom. The molecule has 1 atom stereocenters. The molecule has 1 unspecified atom stereocenters. The first kappa shape index (κ1) is 23.6. The Hall–Kier alpha value is -3.11. The van der Waals surface area contributed by atoms with Gasteiger partial charge in [0.2, 0.25) is 0 Å². The summed E-state index contributed by atoms with van der Waals surface area (Å²) in [7, 11) is 0. The third-order valence-electron chi connectivity index (χ3n) is 5.57. The fraction of sp³-hybridized carbons (Fsp3) is 0.480. The van der Waals surface area contributed by atoms with E-state index in [2.05, 4.69) is 6.92 Å². The number of carbonyl (C=O) groups excluding carboxylic acids is 2. The van der Waals surface area contributed by atoms with Gasteiger partial charge in [-0.3, -0.25) is 14.5 Å². The zero-order valence-electron chi connectivity index (χ0n) is 19.0. The number of hydrogen-bond donors (Lipinski definition) is 0. The minimum absolute atomic E-state index is 0.0154. The molecule has 3 rings (SSSR count). The van der Waals surface area contributed by atoms with Crippen LogP contribution in [-0.4, -0.2) is 49.2 Å². The number of rotatable bonds is 9. The quantitative estimate of drug-likeness (QED) is 0.328. The van der Waals surface area contributed by atoms with Crippen LogP contribution in [0.15, 0.2) is 34.9 Å². The number of amides is 2. The number of carbonyl (C=O) groups is 2. The number of nitriles is 1. The number of hydrogen-bond acceptors (Lipinski definition) is 6. The van der Waals surface area contributed by atoms with Gasteiger partial charge in [0.1, 0.15) is 11.6 Å². The summed E-state index contributed by atoms with van der Waals surface area (Å²) < 4.78 is 17.2. The Morgan fingerprint density at radius 2 is 2.03 bits per heavy atom. The lowest BCUT2D eigenvalue weighted by Crippen LogP contribution is -2.46. The lowest BCUT2D eigenvalue weighted by atomic mass is 9.93. The van der Waals surface area contributed by atoms with Crippen LogP contribution >= 0.6 is 0 Å². The van der Waals surface area contributed by atoms with E-state index in [-0.39, 0.29) is 18.2 Å². The topological polar surface area (TPSA) is 88.9 Å². The highest BCUT2D eigenvalue weighted by Gasteiger charge is 2.37. The van der Waals surface area contributed by atoms with Gasteiger partial charge in [-0.1, -0.05) is 19.4 Å². The van der Waals surface area contributed by atoms with E-state index >= 15 is 0 Å². The number of nitrogens with zero attached hydrogens (tertiary/aromatic N) is 2. The molecule has 2 amide bonds. The second-order valence-electron chi connectivity index (χ2n) is 7.87. The maximum absolute atomic E-state index is 13.2. The zero-order valence-corrected chi connectivity index (χ0v) is 19.0. The lowest BCUT2D eigenvalue weighted by Gasteiger charge is -2.29. The summed E-state index contributed by atoms with van der Waals surface area (Å²) in [5, 5.41) is 9.57. The van der Waals surface area contributed by atoms with Crippen LogP contribution in [0.1, 0.15) is 52.0 Å². The van der Waals surface area contributed by atoms with E-state index in [1.54, 1.807) is 13.0 Å². The molecule has 2 heterocycles. The maximum Gasteiger partial charge on any atom is 0.271 e. The Bertz CT molecular complexity index is 967. The molecule has 1 saturated heterocycles. The van der Waals surface area contributed by atoms with Crippen molar-refractivity contribution in [1.29, 1.82) is 5.26 Å². The molecule has 1 aromatic carbocycles. The minimum Gasteiger partial charge on any atom is -0.490 e. The molecule has 1 fully saturated rings. The molecule has 0 N–H and O–H groups in total. The van der Waals surface area contributed by atoms with Gasteiger partial charge in [-0.05, 0) is 62.5 Å². The van der Waals surface area contributed by atoms with Crippen molar-refractivity contribution in [1.82, 2.24) is 4.90 Å². The summed E-state index contributed by atoms with van der Waals surface area (Å²) in [5.74, 6) is 0.272. The van der Waals surface area contributed by atoms with Crippen LogP contribution in [-0.2, 0) is 14.3 Å². The predicted octanol–water partition coefficient (Wildman–Crippen LogP) is 4.04. The highest BCUT2D eigenvalue weighted by Crippen LogP contribution is 2.32. The molecule has 0 radical (unpaired) electrons. The van der Waals surface area contributed by atoms with E-state index in [0.29, 0.717) is 42.5 Å². The van der Waals surface area contributed by atoms with E-state index in [4.69, 9.17) is 14.2 Å². The Labute approximate surface area is 189 Å². The molecule has 0 saturated carbocycles. The van der Waals surface area contributed by atoms with Crippen LogP contribution in [0.2, 0.25) is 0 Å². The molecular formula is C25H30N2O5. The molecule has 1 aromatic rings. The third-order valence-corrected chi connectivity index (χ3v) is 5.57. The van der Waals surface area contributed by atoms with Crippen molar-refractivity contribution in [3.63, 3.8) is 0 Å². The van der Waals surface area contributed by atoms with E-state index in [1.807, 2.05) is 31.2 Å². The average molecular weight is 439 g/mol. The van der Waals surface area contributed by atoms with Crippen LogP contribution < -0.4 is 9.47 Å². The Kier molecular flexibility index (Phi) is 8.07. The number of benzene rings is 1. The van der Waals surface area contributed by atoms with Gasteiger partial charge in [0, 0.05) is 12.2 Å². The first-order valence-corrected chi connectivity index (χ1v) is 11.2. The maximum atomic E-state index is 13.2. The van der Waals surface area contributed by atoms with Gasteiger partial charge < -0.3 is 14.2 Å². The Morgan fingerprint density at radius 3 is 2.69 bits per heavy atom. The summed E-state index contributed by atoms with van der Waals surface area (Å²) in [6.07, 6.45) is 5.17. The molecule has 2 aliphatic heterocycles. The molecule has 2 aliphatic rings. The van der Waals surface area contributed by atoms with Crippen LogP contribution in [0.4, 0.5) is 0 Å². The fourth-order valence-electron chi connectivity index (χ4n) is 3.78. The molecular weight excluding hydrogens is 408 g/mol. The van der Waals surface area contributed by atoms with Gasteiger partial charge in [0.05, 0.1) is 25.9 Å². The Balaban J connectivity index is 1.94. The molecule has 7 heteroatoms. The van der Waals surface area contributed by atoms with Crippen molar-refractivity contribution in [2.45, 2.75) is 52.6 Å². The fourth-order valence-corrected chi connectivity index (χ4v) is 3.78. The van der Waals surface area contributed by atoms with Gasteiger partial charge in [0.15, 0.2) is 11.5 Å². The molecule has 170 valence electrons. The lowest BCUT2D eigenvalue weighted by molar-refractivity contribution is -0.142. The van der Waals surface area contributed by atoms with Crippen molar-refractivity contribution >= 4 is 17.9 Å². The molecule has 0 bridgehead atoms. The number of imide groups is 1. The van der Waals surface area contributed by atoms with Gasteiger partial charge >= 0.3 is 0 Å². The van der Waals surface area contributed by atoms with Crippen molar-refractivity contribution in [2.75, 3.05) is 26.4 Å². The first-order chi connectivity index (χ1) is 15.5. The summed E-state index contributed by atoms with van der Waals surface area (Å²) in [6.45, 7) is 7.48. The van der Waals surface area contributed by atoms with Crippen LogP contribution in [0.3, 0.4) is 0 Å². The highest BCUT2D eigenvalue weighted by molar-refractivity contribution is 6.19. The second-order valence-corrected chi connectivity index (χ2v) is 7.87. The summed E-state index contributed by atoms with van der Waals surface area (Å²) in [4.78, 5) is 27.1. The van der Waals surface area contributed by atoms with Crippen molar-refractivity contribution in [3.8, 4) is 17.6 Å². The normalized spacial score (nSPS) is 20.1. The SMILES string of the molecule is CCCCOc1ccc(/C=C2/C(=O)N(CC3CCCO3)C(=O)C(C#N)=C2C)cc1OCC. The van der Waals surface area contributed by atoms with Gasteiger partial charge in [-0.15, -0.1) is 0 Å². The largest absolute Gasteiger partial charge is 0.490 e. The molecule has 0 spiro atoms. The first-order valence-electron chi connectivity index (χ1n) is 11.2. The van der Waals surface area contributed by atoms with E-state index in [1.165, 1.54) is 0 Å². The van der Waals surface area contributed by atoms with Gasteiger partial charge in [0.25, 0.3) is 11.8 Å². The standard InChI is InChI=1S/C25H30N2O5/c1-4-6-11-32-22-10-9-18(14-23(22)30-5-2)13-20-17(3)21(15-26)25(29)27(24(20)28)16-19-8-7-12-31-19/h9-10,13-14,19H,4-8,11-12,16H2,1-3H3/b20-13+. The van der Waals surface area contributed by atoms with Crippen molar-refractivity contribution < 1.29 is 23.8 Å². The second kappa shape index (κ2) is 11.0. The summed E-state index contributed by atoms with van der Waals surface area (Å²) >= 11 is 0. The van der Waals surface area contributed by atoms with E-state index in [9.17, 15) is 14.9 Å². The monoisotopic (exact) mass is 438 g/mol. The number of ether oxygens (including phenoxy) is 3. The summed E-state index contributed by atoms with van der Waals surface area (Å²) in [6, 6.07) is 7.44. The zero-order chi connectivity index (χ0) is 23.1. The van der Waals surface area contributed by atoms with Crippen LogP contribution in [0, 0.1) is 11.3 Å². The smallest absolute Gasteiger partial charge is 0.271 e. The van der Waals surface area contributed by atoms with Crippen LogP contribution in [0.5, 0.6) is 11.5 Å². The molecule has 0 aliphatic carbocycles. The average Bonchev–Trinajstić information content (AvgIpc) is 3.30. The van der Waals surface area contributed by atoms with E-state index in [0.717, 1.165) is 36.1 Å². The third kappa shape index (κ3) is 5.20. The minimum atomic E-state index is -0.558. The molecule has 7 nitrogen and oxygen atoms in total. The number of unbranched alkanes of at least 4 members (excludes halogenated alkanes) is 1. The molecule has 32 heavy (non-hydrogen) atoms. The molecule has 0 aromatic heterocycles. The summed E-state index contributed by atoms with van der Waals surface area (Å²) in [5.41, 5.74) is 1.41. The van der Waals surface area contributed by atoms with Crippen molar-refractivity contribution in [2.24, 2.45) is 0 Å². The highest BCUT2D eigenvalue weighted by atomic mass is 16.5. The van der Waals surface area contributed by atoms with E-state index < -0.39 is 11.8 Å². The van der Waals surface area contributed by atoms with Crippen molar-refractivity contribution in [3.05, 3.63) is 40.5 Å². The van der Waals surface area contributed by atoms with Gasteiger partial charge in [-0.25, -0.2) is 0 Å². The van der Waals surface area contributed by atoms with Crippen LogP contribution in [0.25, 0.3) is 6.08 Å².